The Labute approximate surface area is 86.4 Å². The van der Waals surface area contributed by atoms with E-state index in [0.29, 0.717) is 6.42 Å². The highest BCUT2D eigenvalue weighted by atomic mass is 16.5. The van der Waals surface area contributed by atoms with Gasteiger partial charge in [0.15, 0.2) is 0 Å². The van der Waals surface area contributed by atoms with Crippen LogP contribution in [0.5, 0.6) is 0 Å². The number of hydrogen-bond donors (Lipinski definition) is 0. The molecule has 0 bridgehead atoms. The van der Waals surface area contributed by atoms with Crippen LogP contribution in [0, 0.1) is 11.8 Å². The van der Waals surface area contributed by atoms with E-state index in [9.17, 15) is 4.79 Å². The Bertz CT molecular complexity index is 215. The Hall–Kier alpha value is -1.01. The van der Waals surface area contributed by atoms with Crippen LogP contribution in [-0.2, 0) is 9.53 Å². The third-order valence-corrected chi connectivity index (χ3v) is 1.94. The van der Waals surface area contributed by atoms with E-state index < -0.39 is 0 Å². The zero-order valence-corrected chi connectivity index (χ0v) is 9.30. The molecule has 0 radical (unpaired) electrons. The highest BCUT2D eigenvalue weighted by molar-refractivity contribution is 5.69. The standard InChI is InChI=1S/C11H19NO2/c1-4-5-6-9-12(2)10-7-8-11(13)14-3/h6-10H2,1-3H3. The number of methoxy groups -OCH3 is 1. The van der Waals surface area contributed by atoms with Crippen molar-refractivity contribution >= 4 is 5.97 Å². The molecule has 0 atom stereocenters. The summed E-state index contributed by atoms with van der Waals surface area (Å²) in [5.74, 6) is 5.73. The fraction of sp³-hybridized carbons (Fsp3) is 0.727. The molecule has 0 N–H and O–H groups in total. The third-order valence-electron chi connectivity index (χ3n) is 1.94. The molecule has 0 rings (SSSR count). The van der Waals surface area contributed by atoms with Gasteiger partial charge in [-0.3, -0.25) is 4.79 Å². The molecule has 0 amide bonds. The van der Waals surface area contributed by atoms with Gasteiger partial charge in [0.25, 0.3) is 0 Å². The Morgan fingerprint density at radius 2 is 2.14 bits per heavy atom. The van der Waals surface area contributed by atoms with E-state index in [1.807, 2.05) is 14.0 Å². The number of carbonyl (C=O) groups is 1. The maximum absolute atomic E-state index is 10.8. The zero-order chi connectivity index (χ0) is 10.8. The smallest absolute Gasteiger partial charge is 0.305 e. The average Bonchev–Trinajstić information content (AvgIpc) is 2.18. The van der Waals surface area contributed by atoms with Gasteiger partial charge in [-0.05, 0) is 26.9 Å². The summed E-state index contributed by atoms with van der Waals surface area (Å²) in [6.45, 7) is 3.72. The molecule has 0 aromatic heterocycles. The van der Waals surface area contributed by atoms with E-state index in [0.717, 1.165) is 25.9 Å². The number of rotatable bonds is 6. The first-order valence-corrected chi connectivity index (χ1v) is 4.85. The van der Waals surface area contributed by atoms with Gasteiger partial charge in [0.2, 0.25) is 0 Å². The van der Waals surface area contributed by atoms with Crippen LogP contribution in [0.4, 0.5) is 0 Å². The monoisotopic (exact) mass is 197 g/mol. The lowest BCUT2D eigenvalue weighted by Gasteiger charge is -2.13. The van der Waals surface area contributed by atoms with Crippen molar-refractivity contribution in [1.82, 2.24) is 4.90 Å². The lowest BCUT2D eigenvalue weighted by molar-refractivity contribution is -0.140. The number of esters is 1. The second kappa shape index (κ2) is 8.58. The number of hydrogen-bond acceptors (Lipinski definition) is 3. The van der Waals surface area contributed by atoms with Crippen molar-refractivity contribution in [3.8, 4) is 11.8 Å². The van der Waals surface area contributed by atoms with E-state index in [1.165, 1.54) is 7.11 Å². The SMILES string of the molecule is CC#CCCN(C)CCCC(=O)OC. The topological polar surface area (TPSA) is 29.5 Å². The summed E-state index contributed by atoms with van der Waals surface area (Å²) in [6.07, 6.45) is 2.24. The van der Waals surface area contributed by atoms with Crippen LogP contribution in [0.25, 0.3) is 0 Å². The van der Waals surface area contributed by atoms with Crippen molar-refractivity contribution in [3.63, 3.8) is 0 Å². The highest BCUT2D eigenvalue weighted by Crippen LogP contribution is 1.95. The van der Waals surface area contributed by atoms with E-state index >= 15 is 0 Å². The van der Waals surface area contributed by atoms with Gasteiger partial charge in [-0.15, -0.1) is 11.8 Å². The Kier molecular flexibility index (Phi) is 7.96. The predicted octanol–water partition coefficient (Wildman–Crippen LogP) is 1.28. The summed E-state index contributed by atoms with van der Waals surface area (Å²) in [5.41, 5.74) is 0. The molecular formula is C11H19NO2. The number of nitrogens with zero attached hydrogens (tertiary/aromatic N) is 1. The summed E-state index contributed by atoms with van der Waals surface area (Å²) < 4.78 is 4.55. The largest absolute Gasteiger partial charge is 0.469 e. The van der Waals surface area contributed by atoms with Gasteiger partial charge in [0.1, 0.15) is 0 Å². The van der Waals surface area contributed by atoms with Gasteiger partial charge in [-0.25, -0.2) is 0 Å². The molecule has 0 aromatic rings. The van der Waals surface area contributed by atoms with Crippen molar-refractivity contribution in [2.45, 2.75) is 26.2 Å². The van der Waals surface area contributed by atoms with Gasteiger partial charge < -0.3 is 9.64 Å². The molecule has 0 aliphatic rings. The lowest BCUT2D eigenvalue weighted by atomic mass is 10.3. The fourth-order valence-corrected chi connectivity index (χ4v) is 1.08. The molecule has 0 heterocycles. The molecule has 3 heteroatoms. The Morgan fingerprint density at radius 1 is 1.43 bits per heavy atom. The summed E-state index contributed by atoms with van der Waals surface area (Å²) in [6, 6.07) is 0. The minimum atomic E-state index is -0.133. The molecule has 0 fully saturated rings. The molecule has 0 spiro atoms. The van der Waals surface area contributed by atoms with E-state index in [1.54, 1.807) is 0 Å². The summed E-state index contributed by atoms with van der Waals surface area (Å²) >= 11 is 0. The number of carbonyl (C=O) groups excluding carboxylic acids is 1. The zero-order valence-electron chi connectivity index (χ0n) is 9.30. The normalized spacial score (nSPS) is 9.43. The van der Waals surface area contributed by atoms with Crippen LogP contribution < -0.4 is 0 Å². The second-order valence-corrected chi connectivity index (χ2v) is 3.16. The molecule has 0 aliphatic heterocycles. The molecule has 0 saturated heterocycles. The predicted molar refractivity (Wildman–Crippen MR) is 56.8 cm³/mol. The summed E-state index contributed by atoms with van der Waals surface area (Å²) in [7, 11) is 3.46. The molecule has 0 unspecified atom stereocenters. The van der Waals surface area contributed by atoms with Gasteiger partial charge in [0, 0.05) is 19.4 Å². The maximum atomic E-state index is 10.8. The molecule has 0 aliphatic carbocycles. The van der Waals surface area contributed by atoms with Gasteiger partial charge >= 0.3 is 5.97 Å². The molecule has 0 aromatic carbocycles. The maximum Gasteiger partial charge on any atom is 0.305 e. The van der Waals surface area contributed by atoms with Crippen molar-refractivity contribution in [3.05, 3.63) is 0 Å². The van der Waals surface area contributed by atoms with Crippen molar-refractivity contribution in [2.24, 2.45) is 0 Å². The highest BCUT2D eigenvalue weighted by Gasteiger charge is 2.01. The fourth-order valence-electron chi connectivity index (χ4n) is 1.08. The Balaban J connectivity index is 3.37. The minimum Gasteiger partial charge on any atom is -0.469 e. The number of ether oxygens (including phenoxy) is 1. The van der Waals surface area contributed by atoms with Crippen LogP contribution in [-0.4, -0.2) is 38.1 Å². The molecule has 0 saturated carbocycles. The quantitative estimate of drug-likeness (QED) is 0.474. The van der Waals surface area contributed by atoms with E-state index in [2.05, 4.69) is 21.5 Å². The first kappa shape index (κ1) is 13.0. The summed E-state index contributed by atoms with van der Waals surface area (Å²) in [5, 5.41) is 0. The van der Waals surface area contributed by atoms with E-state index in [-0.39, 0.29) is 5.97 Å². The van der Waals surface area contributed by atoms with Gasteiger partial charge in [-0.2, -0.15) is 0 Å². The van der Waals surface area contributed by atoms with Crippen molar-refractivity contribution in [2.75, 3.05) is 27.2 Å². The first-order chi connectivity index (χ1) is 6.70. The van der Waals surface area contributed by atoms with Crippen LogP contribution in [0.1, 0.15) is 26.2 Å². The van der Waals surface area contributed by atoms with Gasteiger partial charge in [-0.1, -0.05) is 0 Å². The minimum absolute atomic E-state index is 0.133. The third kappa shape index (κ3) is 7.63. The van der Waals surface area contributed by atoms with Crippen molar-refractivity contribution < 1.29 is 9.53 Å². The van der Waals surface area contributed by atoms with Crippen LogP contribution in [0.15, 0.2) is 0 Å². The molecular weight excluding hydrogens is 178 g/mol. The van der Waals surface area contributed by atoms with Crippen LogP contribution in [0.2, 0.25) is 0 Å². The molecule has 3 nitrogen and oxygen atoms in total. The first-order valence-electron chi connectivity index (χ1n) is 4.85. The van der Waals surface area contributed by atoms with Crippen molar-refractivity contribution in [1.29, 1.82) is 0 Å². The van der Waals surface area contributed by atoms with E-state index in [4.69, 9.17) is 0 Å². The second-order valence-electron chi connectivity index (χ2n) is 3.16. The average molecular weight is 197 g/mol. The Morgan fingerprint density at radius 3 is 2.71 bits per heavy atom. The van der Waals surface area contributed by atoms with Crippen LogP contribution >= 0.6 is 0 Å². The van der Waals surface area contributed by atoms with Gasteiger partial charge in [0.05, 0.1) is 7.11 Å². The van der Waals surface area contributed by atoms with Crippen LogP contribution in [0.3, 0.4) is 0 Å². The summed E-state index contributed by atoms with van der Waals surface area (Å²) in [4.78, 5) is 13.0. The molecule has 14 heavy (non-hydrogen) atoms. The molecule has 80 valence electrons. The lowest BCUT2D eigenvalue weighted by Crippen LogP contribution is -2.21.